The zero-order valence-corrected chi connectivity index (χ0v) is 11.9. The van der Waals surface area contributed by atoms with Gasteiger partial charge in [-0.2, -0.15) is 0 Å². The number of benzene rings is 1. The summed E-state index contributed by atoms with van der Waals surface area (Å²) in [6.45, 7) is 3.57. The minimum Gasteiger partial charge on any atom is -0.468 e. The van der Waals surface area contributed by atoms with Crippen LogP contribution in [-0.4, -0.2) is 55.4 Å². The summed E-state index contributed by atoms with van der Waals surface area (Å²) in [7, 11) is 1.37. The topological polar surface area (TPSA) is 59.0 Å². The number of morpholine rings is 1. The zero-order chi connectivity index (χ0) is 14.6. The molecular formula is C15H21NO4. The fraction of sp³-hybridized carbons (Fsp3) is 0.533. The first-order valence-electron chi connectivity index (χ1n) is 6.72. The van der Waals surface area contributed by atoms with Crippen molar-refractivity contribution in [2.24, 2.45) is 0 Å². The number of aliphatic hydroxyl groups is 1. The van der Waals surface area contributed by atoms with Crippen LogP contribution in [0.5, 0.6) is 0 Å². The Bertz CT molecular complexity index is 446. The highest BCUT2D eigenvalue weighted by Crippen LogP contribution is 2.23. The van der Waals surface area contributed by atoms with Crippen LogP contribution in [0.25, 0.3) is 0 Å². The fourth-order valence-electron chi connectivity index (χ4n) is 2.46. The van der Waals surface area contributed by atoms with Gasteiger partial charge in [0.1, 0.15) is 6.04 Å². The average Bonchev–Trinajstić information content (AvgIpc) is 2.47. The summed E-state index contributed by atoms with van der Waals surface area (Å²) in [6.07, 6.45) is 0. The number of carbonyl (C=O) groups is 1. The normalized spacial score (nSPS) is 23.1. The highest BCUT2D eigenvalue weighted by Gasteiger charge is 2.35. The maximum Gasteiger partial charge on any atom is 0.325 e. The van der Waals surface area contributed by atoms with E-state index >= 15 is 0 Å². The van der Waals surface area contributed by atoms with Crippen molar-refractivity contribution in [2.75, 3.05) is 33.4 Å². The molecule has 110 valence electrons. The van der Waals surface area contributed by atoms with Crippen molar-refractivity contribution in [3.05, 3.63) is 35.9 Å². The lowest BCUT2D eigenvalue weighted by molar-refractivity contribution is -0.155. The van der Waals surface area contributed by atoms with Crippen molar-refractivity contribution in [2.45, 2.75) is 18.6 Å². The summed E-state index contributed by atoms with van der Waals surface area (Å²) in [5, 5.41) is 10.7. The predicted octanol–water partition coefficient (Wildman–Crippen LogP) is 0.768. The second-order valence-corrected chi connectivity index (χ2v) is 5.22. The van der Waals surface area contributed by atoms with Crippen LogP contribution in [0.2, 0.25) is 0 Å². The Kier molecular flexibility index (Phi) is 4.75. The summed E-state index contributed by atoms with van der Waals surface area (Å²) >= 11 is 0. The number of hydrogen-bond donors (Lipinski definition) is 1. The van der Waals surface area contributed by atoms with Crippen LogP contribution in [-0.2, 0) is 19.9 Å². The molecule has 1 aliphatic rings. The van der Waals surface area contributed by atoms with Crippen molar-refractivity contribution in [1.29, 1.82) is 0 Å². The van der Waals surface area contributed by atoms with Crippen molar-refractivity contribution in [1.82, 2.24) is 4.90 Å². The molecule has 0 amide bonds. The Morgan fingerprint density at radius 2 is 2.20 bits per heavy atom. The van der Waals surface area contributed by atoms with Gasteiger partial charge in [0.2, 0.25) is 0 Å². The molecule has 5 nitrogen and oxygen atoms in total. The standard InChI is InChI=1S/C15H21NO4/c1-15(18,12-6-4-3-5-7-12)11-16-8-9-20-10-13(16)14(17)19-2/h3-7,13,18H,8-11H2,1-2H3. The third-order valence-electron chi connectivity index (χ3n) is 3.62. The van der Waals surface area contributed by atoms with E-state index < -0.39 is 11.6 Å². The van der Waals surface area contributed by atoms with Crippen LogP contribution in [0.15, 0.2) is 30.3 Å². The number of ether oxygens (including phenoxy) is 2. The molecule has 1 aliphatic heterocycles. The van der Waals surface area contributed by atoms with Gasteiger partial charge < -0.3 is 14.6 Å². The number of methoxy groups -OCH3 is 1. The summed E-state index contributed by atoms with van der Waals surface area (Å²) < 4.78 is 10.1. The van der Waals surface area contributed by atoms with E-state index in [2.05, 4.69) is 0 Å². The number of β-amino-alcohol motifs (C(OH)–C–C–N with tert-alkyl or cyclic N) is 1. The molecule has 0 aromatic heterocycles. The largest absolute Gasteiger partial charge is 0.468 e. The maximum absolute atomic E-state index is 11.8. The lowest BCUT2D eigenvalue weighted by Gasteiger charge is -2.38. The number of esters is 1. The van der Waals surface area contributed by atoms with E-state index in [1.165, 1.54) is 7.11 Å². The first-order chi connectivity index (χ1) is 9.54. The lowest BCUT2D eigenvalue weighted by atomic mass is 9.94. The SMILES string of the molecule is COC(=O)C1COCCN1CC(C)(O)c1ccccc1. The molecule has 1 heterocycles. The number of rotatable bonds is 4. The van der Waals surface area contributed by atoms with Crippen molar-refractivity contribution < 1.29 is 19.4 Å². The average molecular weight is 279 g/mol. The number of hydrogen-bond acceptors (Lipinski definition) is 5. The van der Waals surface area contributed by atoms with Crippen molar-refractivity contribution >= 4 is 5.97 Å². The van der Waals surface area contributed by atoms with Gasteiger partial charge in [0.25, 0.3) is 0 Å². The van der Waals surface area contributed by atoms with E-state index in [-0.39, 0.29) is 5.97 Å². The van der Waals surface area contributed by atoms with Crippen molar-refractivity contribution in [3.63, 3.8) is 0 Å². The first-order valence-corrected chi connectivity index (χ1v) is 6.72. The van der Waals surface area contributed by atoms with Gasteiger partial charge in [-0.3, -0.25) is 9.69 Å². The van der Waals surface area contributed by atoms with Crippen molar-refractivity contribution in [3.8, 4) is 0 Å². The minimum atomic E-state index is -1.02. The maximum atomic E-state index is 11.8. The van der Waals surface area contributed by atoms with Gasteiger partial charge in [0.15, 0.2) is 0 Å². The fourth-order valence-corrected chi connectivity index (χ4v) is 2.46. The van der Waals surface area contributed by atoms with Crippen LogP contribution < -0.4 is 0 Å². The number of carbonyl (C=O) groups excluding carboxylic acids is 1. The molecular weight excluding hydrogens is 258 g/mol. The van der Waals surface area contributed by atoms with E-state index in [0.717, 1.165) is 5.56 Å². The molecule has 0 radical (unpaired) electrons. The molecule has 0 bridgehead atoms. The van der Waals surface area contributed by atoms with E-state index in [9.17, 15) is 9.90 Å². The second-order valence-electron chi connectivity index (χ2n) is 5.22. The molecule has 0 spiro atoms. The van der Waals surface area contributed by atoms with Crippen LogP contribution in [0.4, 0.5) is 0 Å². The van der Waals surface area contributed by atoms with Crippen LogP contribution in [0.1, 0.15) is 12.5 Å². The Morgan fingerprint density at radius 1 is 1.50 bits per heavy atom. The van der Waals surface area contributed by atoms with Crippen LogP contribution >= 0.6 is 0 Å². The molecule has 0 saturated carbocycles. The second kappa shape index (κ2) is 6.35. The third-order valence-corrected chi connectivity index (χ3v) is 3.62. The van der Waals surface area contributed by atoms with Gasteiger partial charge >= 0.3 is 5.97 Å². The Hall–Kier alpha value is -1.43. The summed E-state index contributed by atoms with van der Waals surface area (Å²) in [4.78, 5) is 13.7. The van der Waals surface area contributed by atoms with Gasteiger partial charge in [-0.1, -0.05) is 30.3 Å². The first kappa shape index (κ1) is 15.0. The molecule has 2 rings (SSSR count). The highest BCUT2D eigenvalue weighted by molar-refractivity contribution is 5.75. The van der Waals surface area contributed by atoms with Gasteiger partial charge in [0, 0.05) is 13.1 Å². The van der Waals surface area contributed by atoms with E-state index in [1.54, 1.807) is 6.92 Å². The Balaban J connectivity index is 2.12. The van der Waals surface area contributed by atoms with Gasteiger partial charge in [-0.15, -0.1) is 0 Å². The monoisotopic (exact) mass is 279 g/mol. The van der Waals surface area contributed by atoms with Gasteiger partial charge in [-0.25, -0.2) is 0 Å². The molecule has 1 saturated heterocycles. The third kappa shape index (κ3) is 3.36. The van der Waals surface area contributed by atoms with Crippen LogP contribution in [0, 0.1) is 0 Å². The molecule has 1 aromatic carbocycles. The molecule has 1 fully saturated rings. The van der Waals surface area contributed by atoms with E-state index in [0.29, 0.717) is 26.3 Å². The number of nitrogens with zero attached hydrogens (tertiary/aromatic N) is 1. The quantitative estimate of drug-likeness (QED) is 0.825. The Morgan fingerprint density at radius 3 is 2.85 bits per heavy atom. The predicted molar refractivity (Wildman–Crippen MR) is 74.2 cm³/mol. The smallest absolute Gasteiger partial charge is 0.325 e. The lowest BCUT2D eigenvalue weighted by Crippen LogP contribution is -2.54. The summed E-state index contributed by atoms with van der Waals surface area (Å²) in [6, 6.07) is 9.00. The molecule has 0 aliphatic carbocycles. The molecule has 2 atom stereocenters. The van der Waals surface area contributed by atoms with Gasteiger partial charge in [-0.05, 0) is 12.5 Å². The van der Waals surface area contributed by atoms with Gasteiger partial charge in [0.05, 0.1) is 25.9 Å². The Labute approximate surface area is 119 Å². The van der Waals surface area contributed by atoms with E-state index in [4.69, 9.17) is 9.47 Å². The minimum absolute atomic E-state index is 0.303. The molecule has 1 aromatic rings. The summed E-state index contributed by atoms with van der Waals surface area (Å²) in [5.41, 5.74) is -0.194. The highest BCUT2D eigenvalue weighted by atomic mass is 16.5. The van der Waals surface area contributed by atoms with Crippen LogP contribution in [0.3, 0.4) is 0 Å². The molecule has 5 heteroatoms. The summed E-state index contributed by atoms with van der Waals surface area (Å²) in [5.74, 6) is -0.325. The zero-order valence-electron chi connectivity index (χ0n) is 11.9. The van der Waals surface area contributed by atoms with E-state index in [1.807, 2.05) is 35.2 Å². The molecule has 2 unspecified atom stereocenters. The molecule has 1 N–H and O–H groups in total. The molecule has 20 heavy (non-hydrogen) atoms.